The third-order valence-electron chi connectivity index (χ3n) is 2.14. The largest absolute Gasteiger partial charge is 0.463 e. The first-order valence-electron chi connectivity index (χ1n) is 4.30. The molecule has 1 aliphatic rings. The van der Waals surface area contributed by atoms with Crippen LogP contribution >= 0.6 is 0 Å². The Balaban J connectivity index is 2.06. The third-order valence-corrected chi connectivity index (χ3v) is 2.14. The molecule has 0 N–H and O–H groups in total. The van der Waals surface area contributed by atoms with Crippen molar-refractivity contribution in [3.05, 3.63) is 12.2 Å². The van der Waals surface area contributed by atoms with Crippen molar-refractivity contribution in [1.29, 1.82) is 0 Å². The van der Waals surface area contributed by atoms with Gasteiger partial charge in [-0.05, 0) is 12.8 Å². The quantitative estimate of drug-likeness (QED) is 0.667. The van der Waals surface area contributed by atoms with Crippen molar-refractivity contribution in [2.45, 2.75) is 25.1 Å². The molecule has 0 aliphatic heterocycles. The number of carbonyl (C=O) groups is 1. The lowest BCUT2D eigenvalue weighted by Crippen LogP contribution is -2.13. The zero-order valence-corrected chi connectivity index (χ0v) is 7.73. The molecule has 0 atom stereocenters. The maximum absolute atomic E-state index is 13.3. The van der Waals surface area contributed by atoms with E-state index in [2.05, 4.69) is 14.8 Å². The molecule has 0 saturated heterocycles. The van der Waals surface area contributed by atoms with Crippen LogP contribution in [-0.4, -0.2) is 33.5 Å². The molecule has 1 fully saturated rings. The summed E-state index contributed by atoms with van der Waals surface area (Å²) in [7, 11) is 1.25. The number of nitrogens with zero attached hydrogens (tertiary/aromatic N) is 3. The van der Waals surface area contributed by atoms with E-state index in [1.807, 2.05) is 0 Å². The Labute approximate surface area is 79.9 Å². The van der Waals surface area contributed by atoms with Gasteiger partial charge in [-0.1, -0.05) is 0 Å². The maximum atomic E-state index is 13.3. The van der Waals surface area contributed by atoms with Crippen molar-refractivity contribution < 1.29 is 13.9 Å². The van der Waals surface area contributed by atoms with Gasteiger partial charge in [0.25, 0.3) is 5.82 Å². The van der Waals surface area contributed by atoms with Gasteiger partial charge in [-0.2, -0.15) is 0 Å². The van der Waals surface area contributed by atoms with Crippen LogP contribution in [0.4, 0.5) is 4.39 Å². The van der Waals surface area contributed by atoms with Gasteiger partial charge >= 0.3 is 5.97 Å². The zero-order valence-electron chi connectivity index (χ0n) is 7.73. The van der Waals surface area contributed by atoms with Crippen LogP contribution in [0.5, 0.6) is 0 Å². The average Bonchev–Trinajstić information content (AvgIpc) is 2.71. The normalized spacial score (nSPS) is 17.9. The Hall–Kier alpha value is -1.46. The second-order valence-corrected chi connectivity index (χ2v) is 3.41. The van der Waals surface area contributed by atoms with Crippen molar-refractivity contribution in [1.82, 2.24) is 14.8 Å². The minimum absolute atomic E-state index is 0.0308. The lowest BCUT2D eigenvalue weighted by atomic mass is 10.4. The second kappa shape index (κ2) is 3.04. The standard InChI is InChI=1S/C8H10FN3O2/c1-14-7(13)6-10-5-12(11-6)4-8(9)2-3-8/h5H,2-4H2,1H3. The van der Waals surface area contributed by atoms with Gasteiger partial charge in [0.15, 0.2) is 0 Å². The molecule has 0 unspecified atom stereocenters. The van der Waals surface area contributed by atoms with E-state index < -0.39 is 11.6 Å². The molecule has 2 rings (SSSR count). The van der Waals surface area contributed by atoms with E-state index in [1.165, 1.54) is 18.1 Å². The molecule has 1 aromatic heterocycles. The average molecular weight is 199 g/mol. The number of ether oxygens (including phenoxy) is 1. The number of methoxy groups -OCH3 is 1. The summed E-state index contributed by atoms with van der Waals surface area (Å²) in [6, 6.07) is 0. The van der Waals surface area contributed by atoms with Gasteiger partial charge < -0.3 is 4.74 Å². The van der Waals surface area contributed by atoms with Crippen molar-refractivity contribution in [2.75, 3.05) is 7.11 Å². The van der Waals surface area contributed by atoms with Crippen LogP contribution in [0.15, 0.2) is 6.33 Å². The molecular formula is C8H10FN3O2. The highest BCUT2D eigenvalue weighted by Crippen LogP contribution is 2.40. The Kier molecular flexibility index (Phi) is 1.98. The van der Waals surface area contributed by atoms with Crippen molar-refractivity contribution in [3.8, 4) is 0 Å². The fourth-order valence-electron chi connectivity index (χ4n) is 1.14. The van der Waals surface area contributed by atoms with E-state index in [9.17, 15) is 9.18 Å². The lowest BCUT2D eigenvalue weighted by molar-refractivity contribution is 0.0586. The molecule has 0 spiro atoms. The minimum atomic E-state index is -1.14. The fourth-order valence-corrected chi connectivity index (χ4v) is 1.14. The number of halogens is 1. The molecule has 1 heterocycles. The van der Waals surface area contributed by atoms with Crippen molar-refractivity contribution in [3.63, 3.8) is 0 Å². The molecule has 6 heteroatoms. The van der Waals surface area contributed by atoms with Crippen LogP contribution in [0.25, 0.3) is 0 Å². The molecule has 14 heavy (non-hydrogen) atoms. The van der Waals surface area contributed by atoms with Crippen molar-refractivity contribution >= 4 is 5.97 Å². The summed E-state index contributed by atoms with van der Waals surface area (Å²) in [6.45, 7) is 0.164. The summed E-state index contributed by atoms with van der Waals surface area (Å²) < 4.78 is 19.0. The molecule has 5 nitrogen and oxygen atoms in total. The lowest BCUT2D eigenvalue weighted by Gasteiger charge is -2.02. The molecule has 0 amide bonds. The Bertz CT molecular complexity index is 359. The first-order chi connectivity index (χ1) is 6.63. The summed E-state index contributed by atoms with van der Waals surface area (Å²) in [6.07, 6.45) is 2.45. The van der Waals surface area contributed by atoms with Crippen LogP contribution in [0, 0.1) is 0 Å². The number of carbonyl (C=O) groups excluding carboxylic acids is 1. The maximum Gasteiger partial charge on any atom is 0.377 e. The van der Waals surface area contributed by atoms with E-state index >= 15 is 0 Å². The summed E-state index contributed by atoms with van der Waals surface area (Å²) in [5, 5.41) is 3.80. The summed E-state index contributed by atoms with van der Waals surface area (Å²) >= 11 is 0. The predicted molar refractivity (Wildman–Crippen MR) is 44.4 cm³/mol. The van der Waals surface area contributed by atoms with E-state index in [-0.39, 0.29) is 12.4 Å². The number of rotatable bonds is 3. The first-order valence-corrected chi connectivity index (χ1v) is 4.30. The van der Waals surface area contributed by atoms with E-state index in [1.54, 1.807) is 0 Å². The molecule has 1 aromatic rings. The number of hydrogen-bond donors (Lipinski definition) is 0. The molecule has 76 valence electrons. The van der Waals surface area contributed by atoms with E-state index in [0.29, 0.717) is 12.8 Å². The van der Waals surface area contributed by atoms with Crippen molar-refractivity contribution in [2.24, 2.45) is 0 Å². The van der Waals surface area contributed by atoms with Gasteiger partial charge in [0, 0.05) is 0 Å². The second-order valence-electron chi connectivity index (χ2n) is 3.41. The number of alkyl halides is 1. The summed E-state index contributed by atoms with van der Waals surface area (Å²) in [4.78, 5) is 14.7. The van der Waals surface area contributed by atoms with Crippen LogP contribution in [0.1, 0.15) is 23.5 Å². The number of aromatic nitrogens is 3. The molecule has 1 saturated carbocycles. The van der Waals surface area contributed by atoms with E-state index in [4.69, 9.17) is 0 Å². The minimum Gasteiger partial charge on any atom is -0.463 e. The predicted octanol–water partition coefficient (Wildman–Crippen LogP) is 0.567. The summed E-state index contributed by atoms with van der Waals surface area (Å²) in [5.41, 5.74) is -1.14. The number of hydrogen-bond acceptors (Lipinski definition) is 4. The van der Waals surface area contributed by atoms with Gasteiger partial charge in [0.1, 0.15) is 12.0 Å². The Morgan fingerprint density at radius 1 is 1.79 bits per heavy atom. The topological polar surface area (TPSA) is 57.0 Å². The molecular weight excluding hydrogens is 189 g/mol. The van der Waals surface area contributed by atoms with Gasteiger partial charge in [0.05, 0.1) is 13.7 Å². The molecule has 0 bridgehead atoms. The van der Waals surface area contributed by atoms with E-state index in [0.717, 1.165) is 0 Å². The molecule has 0 radical (unpaired) electrons. The fraction of sp³-hybridized carbons (Fsp3) is 0.625. The van der Waals surface area contributed by atoms with Crippen LogP contribution in [-0.2, 0) is 11.3 Å². The monoisotopic (exact) mass is 199 g/mol. The Morgan fingerprint density at radius 3 is 3.07 bits per heavy atom. The molecule has 0 aromatic carbocycles. The Morgan fingerprint density at radius 2 is 2.50 bits per heavy atom. The zero-order chi connectivity index (χ0) is 10.2. The van der Waals surface area contributed by atoms with Crippen LogP contribution in [0.2, 0.25) is 0 Å². The number of esters is 1. The third kappa shape index (κ3) is 1.73. The van der Waals surface area contributed by atoms with Gasteiger partial charge in [-0.3, -0.25) is 0 Å². The highest BCUT2D eigenvalue weighted by molar-refractivity contribution is 5.84. The van der Waals surface area contributed by atoms with Crippen LogP contribution in [0.3, 0.4) is 0 Å². The molecule has 1 aliphatic carbocycles. The highest BCUT2D eigenvalue weighted by atomic mass is 19.1. The van der Waals surface area contributed by atoms with Gasteiger partial charge in [-0.25, -0.2) is 18.9 Å². The smallest absolute Gasteiger partial charge is 0.377 e. The van der Waals surface area contributed by atoms with Gasteiger partial charge in [-0.15, -0.1) is 5.10 Å². The van der Waals surface area contributed by atoms with Gasteiger partial charge in [0.2, 0.25) is 0 Å². The SMILES string of the molecule is COC(=O)c1ncn(CC2(F)CC2)n1. The van der Waals surface area contributed by atoms with Crippen LogP contribution < -0.4 is 0 Å². The summed E-state index contributed by atoms with van der Waals surface area (Å²) in [5.74, 6) is -0.635. The first kappa shape index (κ1) is 9.11. The highest BCUT2D eigenvalue weighted by Gasteiger charge is 2.43.